The number of hydrogen-bond donors (Lipinski definition) is 1. The highest BCUT2D eigenvalue weighted by atomic mass is 16.5. The molecule has 114 valence electrons. The van der Waals surface area contributed by atoms with Crippen molar-refractivity contribution in [1.82, 2.24) is 9.88 Å². The van der Waals surface area contributed by atoms with E-state index in [9.17, 15) is 9.59 Å². The minimum absolute atomic E-state index is 0.0299. The highest BCUT2D eigenvalue weighted by Crippen LogP contribution is 2.48. The highest BCUT2D eigenvalue weighted by molar-refractivity contribution is 6.01. The molecule has 2 heterocycles. The maximum absolute atomic E-state index is 12.3. The molecule has 1 amide bonds. The van der Waals surface area contributed by atoms with Crippen molar-refractivity contribution in [2.45, 2.75) is 26.3 Å². The van der Waals surface area contributed by atoms with Crippen LogP contribution in [-0.4, -0.2) is 29.6 Å². The number of rotatable bonds is 2. The van der Waals surface area contributed by atoms with Crippen LogP contribution in [0.5, 0.6) is 0 Å². The molecule has 5 nitrogen and oxygen atoms in total. The fourth-order valence-electron chi connectivity index (χ4n) is 3.22. The molecule has 1 saturated carbocycles. The van der Waals surface area contributed by atoms with Gasteiger partial charge in [-0.15, -0.1) is 0 Å². The zero-order chi connectivity index (χ0) is 15.3. The maximum Gasteiger partial charge on any atom is 0.338 e. The third kappa shape index (κ3) is 2.00. The van der Waals surface area contributed by atoms with E-state index in [1.807, 2.05) is 18.2 Å². The first kappa shape index (κ1) is 13.4. The number of nitrogens with one attached hydrogen (secondary N) is 1. The predicted molar refractivity (Wildman–Crippen MR) is 81.9 cm³/mol. The monoisotopic (exact) mass is 298 g/mol. The van der Waals surface area contributed by atoms with Gasteiger partial charge in [-0.05, 0) is 38.0 Å². The molecule has 1 spiro atoms. The molecule has 22 heavy (non-hydrogen) atoms. The van der Waals surface area contributed by atoms with Crippen molar-refractivity contribution in [3.8, 4) is 0 Å². The van der Waals surface area contributed by atoms with Crippen LogP contribution in [0.15, 0.2) is 24.3 Å². The second-order valence-electron chi connectivity index (χ2n) is 6.29. The van der Waals surface area contributed by atoms with E-state index in [2.05, 4.69) is 9.88 Å². The molecule has 0 bridgehead atoms. The second-order valence-corrected chi connectivity index (χ2v) is 6.29. The quantitative estimate of drug-likeness (QED) is 0.866. The molecule has 1 fully saturated rings. The lowest BCUT2D eigenvalue weighted by atomic mass is 10.1. The summed E-state index contributed by atoms with van der Waals surface area (Å²) in [4.78, 5) is 24.2. The lowest BCUT2D eigenvalue weighted by molar-refractivity contribution is 0.0526. The van der Waals surface area contributed by atoms with E-state index in [0.717, 1.165) is 36.8 Å². The van der Waals surface area contributed by atoms with Gasteiger partial charge >= 0.3 is 5.97 Å². The number of nitrogens with zero attached hydrogens (tertiary/aromatic N) is 1. The molecule has 4 rings (SSSR count). The number of fused-ring (bicyclic) bond motifs is 3. The lowest BCUT2D eigenvalue weighted by Gasteiger charge is -2.13. The predicted octanol–water partition coefficient (Wildman–Crippen LogP) is 2.34. The number of esters is 1. The Morgan fingerprint density at radius 1 is 1.36 bits per heavy atom. The van der Waals surface area contributed by atoms with Gasteiger partial charge in [-0.3, -0.25) is 4.79 Å². The molecule has 0 unspecified atom stereocenters. The summed E-state index contributed by atoms with van der Waals surface area (Å²) in [5.74, 6) is -0.350. The number of benzene rings is 1. The number of carbonyl (C=O) groups excluding carboxylic acids is 2. The van der Waals surface area contributed by atoms with Gasteiger partial charge in [0.2, 0.25) is 0 Å². The van der Waals surface area contributed by atoms with Crippen LogP contribution >= 0.6 is 0 Å². The molecule has 1 aromatic carbocycles. The second kappa shape index (κ2) is 4.60. The summed E-state index contributed by atoms with van der Waals surface area (Å²) in [6.45, 7) is 3.72. The van der Waals surface area contributed by atoms with Gasteiger partial charge in [0.05, 0.1) is 12.2 Å². The Morgan fingerprint density at radius 2 is 2.18 bits per heavy atom. The lowest BCUT2D eigenvalue weighted by Crippen LogP contribution is -2.27. The van der Waals surface area contributed by atoms with Gasteiger partial charge in [-0.25, -0.2) is 4.79 Å². The molecule has 0 saturated heterocycles. The fourth-order valence-corrected chi connectivity index (χ4v) is 3.22. The topological polar surface area (TPSA) is 60.3 Å². The number of carbonyl (C=O) groups is 2. The molecule has 1 aromatic heterocycles. The van der Waals surface area contributed by atoms with Crippen LogP contribution in [0.3, 0.4) is 0 Å². The van der Waals surface area contributed by atoms with Crippen LogP contribution in [0, 0.1) is 5.41 Å². The van der Waals surface area contributed by atoms with E-state index in [-0.39, 0.29) is 17.3 Å². The van der Waals surface area contributed by atoms with Crippen LogP contribution < -0.4 is 5.32 Å². The van der Waals surface area contributed by atoms with Gasteiger partial charge in [-0.2, -0.15) is 0 Å². The molecular formula is C17H18N2O3. The zero-order valence-electron chi connectivity index (χ0n) is 12.5. The summed E-state index contributed by atoms with van der Waals surface area (Å²) >= 11 is 0. The van der Waals surface area contributed by atoms with Crippen LogP contribution in [0.1, 0.15) is 40.6 Å². The van der Waals surface area contributed by atoms with E-state index in [0.29, 0.717) is 17.9 Å². The molecule has 1 aliphatic heterocycles. The first-order valence-corrected chi connectivity index (χ1v) is 7.70. The Balaban J connectivity index is 1.84. The van der Waals surface area contributed by atoms with Gasteiger partial charge in [0.15, 0.2) is 0 Å². The normalized spacial score (nSPS) is 18.7. The van der Waals surface area contributed by atoms with Crippen LogP contribution in [0.2, 0.25) is 0 Å². The van der Waals surface area contributed by atoms with Crippen LogP contribution in [-0.2, 0) is 11.3 Å². The van der Waals surface area contributed by atoms with E-state index in [4.69, 9.17) is 4.74 Å². The molecule has 2 aliphatic rings. The van der Waals surface area contributed by atoms with E-state index in [1.165, 1.54) is 0 Å². The minimum atomic E-state index is -0.320. The summed E-state index contributed by atoms with van der Waals surface area (Å²) < 4.78 is 7.13. The van der Waals surface area contributed by atoms with Gasteiger partial charge in [0, 0.05) is 29.4 Å². The van der Waals surface area contributed by atoms with Gasteiger partial charge in [-0.1, -0.05) is 6.07 Å². The highest BCUT2D eigenvalue weighted by Gasteiger charge is 2.45. The molecule has 0 radical (unpaired) electrons. The maximum atomic E-state index is 12.3. The number of ether oxygens (including phenoxy) is 1. The van der Waals surface area contributed by atoms with Crippen molar-refractivity contribution in [1.29, 1.82) is 0 Å². The number of hydrogen-bond acceptors (Lipinski definition) is 3. The average Bonchev–Trinajstić information content (AvgIpc) is 3.22. The Bertz CT molecular complexity index is 787. The van der Waals surface area contributed by atoms with Crippen molar-refractivity contribution in [3.05, 3.63) is 35.5 Å². The van der Waals surface area contributed by atoms with E-state index >= 15 is 0 Å². The third-order valence-corrected chi connectivity index (χ3v) is 4.72. The first-order chi connectivity index (χ1) is 10.6. The number of amides is 1. The van der Waals surface area contributed by atoms with E-state index in [1.54, 1.807) is 13.0 Å². The van der Waals surface area contributed by atoms with Crippen LogP contribution in [0.25, 0.3) is 10.9 Å². The smallest absolute Gasteiger partial charge is 0.338 e. The molecule has 1 aliphatic carbocycles. The molecule has 5 heteroatoms. The van der Waals surface area contributed by atoms with Gasteiger partial charge in [0.25, 0.3) is 5.91 Å². The van der Waals surface area contributed by atoms with Crippen LogP contribution in [0.4, 0.5) is 0 Å². The molecule has 1 N–H and O–H groups in total. The average molecular weight is 298 g/mol. The Morgan fingerprint density at radius 3 is 2.91 bits per heavy atom. The van der Waals surface area contributed by atoms with Crippen molar-refractivity contribution in [3.63, 3.8) is 0 Å². The Hall–Kier alpha value is -2.30. The summed E-state index contributed by atoms with van der Waals surface area (Å²) in [7, 11) is 0. The summed E-state index contributed by atoms with van der Waals surface area (Å²) in [6.07, 6.45) is 2.29. The summed E-state index contributed by atoms with van der Waals surface area (Å²) in [6, 6.07) is 7.38. The third-order valence-electron chi connectivity index (χ3n) is 4.72. The Labute approximate surface area is 128 Å². The first-order valence-electron chi connectivity index (χ1n) is 7.70. The van der Waals surface area contributed by atoms with Crippen molar-refractivity contribution in [2.75, 3.05) is 13.2 Å². The Kier molecular flexibility index (Phi) is 2.79. The van der Waals surface area contributed by atoms with Gasteiger partial charge in [0.1, 0.15) is 5.69 Å². The number of aromatic nitrogens is 1. The minimum Gasteiger partial charge on any atom is -0.462 e. The zero-order valence-corrected chi connectivity index (χ0v) is 12.5. The van der Waals surface area contributed by atoms with E-state index < -0.39 is 0 Å². The standard InChI is InChI=1S/C17H18N2O3/c1-2-22-16(21)12-4-3-11-7-14-15(20)18-9-17(5-6-17)10-19(14)13(11)8-12/h3-4,7-8H,2,5-6,9-10H2,1H3,(H,18,20). The fraction of sp³-hybridized carbons (Fsp3) is 0.412. The molecule has 2 aromatic rings. The van der Waals surface area contributed by atoms with Crippen molar-refractivity contribution >= 4 is 22.8 Å². The van der Waals surface area contributed by atoms with Gasteiger partial charge < -0.3 is 14.6 Å². The molecular weight excluding hydrogens is 280 g/mol. The summed E-state index contributed by atoms with van der Waals surface area (Å²) in [5, 5.41) is 4.00. The largest absolute Gasteiger partial charge is 0.462 e. The van der Waals surface area contributed by atoms with Crippen molar-refractivity contribution in [2.24, 2.45) is 5.41 Å². The summed E-state index contributed by atoms with van der Waals surface area (Å²) in [5.41, 5.74) is 2.35. The molecule has 0 atom stereocenters. The SMILES string of the molecule is CCOC(=O)c1ccc2cc3n(c2c1)CC1(CC1)CNC3=O. The van der Waals surface area contributed by atoms with Crippen molar-refractivity contribution < 1.29 is 14.3 Å².